The van der Waals surface area contributed by atoms with Crippen molar-refractivity contribution < 1.29 is 4.74 Å². The zero-order valence-corrected chi connectivity index (χ0v) is 13.2. The lowest BCUT2D eigenvalue weighted by Crippen LogP contribution is -2.20. The summed E-state index contributed by atoms with van der Waals surface area (Å²) >= 11 is 0. The third kappa shape index (κ3) is 3.95. The SMILES string of the molecule is COc1ccc(Cc2nnc(NCc3ccccn3)[nH]c2=O)cc1. The van der Waals surface area contributed by atoms with Crippen LogP contribution in [0.4, 0.5) is 5.95 Å². The molecular formula is C17H17N5O2. The number of methoxy groups -OCH3 is 1. The van der Waals surface area contributed by atoms with E-state index < -0.39 is 0 Å². The molecule has 0 fully saturated rings. The highest BCUT2D eigenvalue weighted by Gasteiger charge is 2.06. The van der Waals surface area contributed by atoms with Gasteiger partial charge in [0.15, 0.2) is 0 Å². The van der Waals surface area contributed by atoms with Gasteiger partial charge in [-0.25, -0.2) is 0 Å². The van der Waals surface area contributed by atoms with Crippen LogP contribution in [0.2, 0.25) is 0 Å². The number of H-pyrrole nitrogens is 1. The zero-order chi connectivity index (χ0) is 16.8. The molecule has 24 heavy (non-hydrogen) atoms. The van der Waals surface area contributed by atoms with Gasteiger partial charge in [-0.1, -0.05) is 18.2 Å². The van der Waals surface area contributed by atoms with E-state index in [-0.39, 0.29) is 5.56 Å². The van der Waals surface area contributed by atoms with Crippen molar-refractivity contribution in [2.75, 3.05) is 12.4 Å². The number of nitrogens with zero attached hydrogens (tertiary/aromatic N) is 3. The van der Waals surface area contributed by atoms with Crippen LogP contribution in [0.1, 0.15) is 17.0 Å². The molecule has 2 N–H and O–H groups in total. The molecule has 2 heterocycles. The van der Waals surface area contributed by atoms with Gasteiger partial charge in [-0.15, -0.1) is 10.2 Å². The smallest absolute Gasteiger partial charge is 0.274 e. The maximum Gasteiger partial charge on any atom is 0.274 e. The molecule has 1 aromatic carbocycles. The first-order chi connectivity index (χ1) is 11.7. The summed E-state index contributed by atoms with van der Waals surface area (Å²) in [6, 6.07) is 13.1. The number of anilines is 1. The summed E-state index contributed by atoms with van der Waals surface area (Å²) in [6.45, 7) is 0.462. The van der Waals surface area contributed by atoms with Gasteiger partial charge in [0, 0.05) is 12.6 Å². The Bertz CT molecular complexity index is 847. The van der Waals surface area contributed by atoms with E-state index in [0.29, 0.717) is 24.6 Å². The molecule has 0 amide bonds. The zero-order valence-electron chi connectivity index (χ0n) is 13.2. The van der Waals surface area contributed by atoms with E-state index in [4.69, 9.17) is 4.74 Å². The van der Waals surface area contributed by atoms with Crippen LogP contribution in [-0.4, -0.2) is 27.3 Å². The lowest BCUT2D eigenvalue weighted by atomic mass is 10.1. The fraction of sp³-hybridized carbons (Fsp3) is 0.176. The Hall–Kier alpha value is -3.22. The van der Waals surface area contributed by atoms with Gasteiger partial charge in [-0.3, -0.25) is 14.8 Å². The second kappa shape index (κ2) is 7.36. The predicted molar refractivity (Wildman–Crippen MR) is 90.0 cm³/mol. The summed E-state index contributed by atoms with van der Waals surface area (Å²) in [7, 11) is 1.61. The van der Waals surface area contributed by atoms with Crippen molar-refractivity contribution in [2.45, 2.75) is 13.0 Å². The van der Waals surface area contributed by atoms with Crippen LogP contribution in [0.15, 0.2) is 53.5 Å². The fourth-order valence-electron chi connectivity index (χ4n) is 2.17. The van der Waals surface area contributed by atoms with E-state index in [1.807, 2.05) is 42.5 Å². The molecule has 7 nitrogen and oxygen atoms in total. The third-order valence-electron chi connectivity index (χ3n) is 3.46. The molecule has 0 aliphatic carbocycles. The van der Waals surface area contributed by atoms with Crippen molar-refractivity contribution in [1.29, 1.82) is 0 Å². The maximum atomic E-state index is 12.1. The average molecular weight is 323 g/mol. The Morgan fingerprint density at radius 1 is 1.12 bits per heavy atom. The van der Waals surface area contributed by atoms with E-state index in [1.54, 1.807) is 13.3 Å². The quantitative estimate of drug-likeness (QED) is 0.718. The Kier molecular flexibility index (Phi) is 4.81. The van der Waals surface area contributed by atoms with Crippen molar-refractivity contribution in [1.82, 2.24) is 20.2 Å². The molecular weight excluding hydrogens is 306 g/mol. The molecule has 3 aromatic rings. The van der Waals surface area contributed by atoms with Crippen LogP contribution < -0.4 is 15.6 Å². The van der Waals surface area contributed by atoms with Crippen molar-refractivity contribution in [3.05, 3.63) is 76.0 Å². The first kappa shape index (κ1) is 15.7. The third-order valence-corrected chi connectivity index (χ3v) is 3.46. The number of ether oxygens (including phenoxy) is 1. The van der Waals surface area contributed by atoms with Gasteiger partial charge in [0.25, 0.3) is 5.56 Å². The lowest BCUT2D eigenvalue weighted by Gasteiger charge is -2.05. The average Bonchev–Trinajstić information content (AvgIpc) is 2.63. The molecule has 0 aliphatic rings. The summed E-state index contributed by atoms with van der Waals surface area (Å²) < 4.78 is 5.11. The van der Waals surface area contributed by atoms with E-state index in [0.717, 1.165) is 17.0 Å². The molecule has 7 heteroatoms. The minimum Gasteiger partial charge on any atom is -0.497 e. The van der Waals surface area contributed by atoms with Crippen molar-refractivity contribution in [2.24, 2.45) is 0 Å². The van der Waals surface area contributed by atoms with Crippen LogP contribution in [0.25, 0.3) is 0 Å². The highest BCUT2D eigenvalue weighted by atomic mass is 16.5. The summed E-state index contributed by atoms with van der Waals surface area (Å²) in [5.74, 6) is 1.09. The second-order valence-electron chi connectivity index (χ2n) is 5.15. The van der Waals surface area contributed by atoms with E-state index >= 15 is 0 Å². The van der Waals surface area contributed by atoms with Gasteiger partial charge < -0.3 is 10.1 Å². The van der Waals surface area contributed by atoms with Gasteiger partial charge in [-0.2, -0.15) is 0 Å². The molecule has 0 spiro atoms. The van der Waals surface area contributed by atoms with Gasteiger partial charge >= 0.3 is 0 Å². The summed E-state index contributed by atoms with van der Waals surface area (Å²) in [4.78, 5) is 19.0. The van der Waals surface area contributed by atoms with Crippen LogP contribution >= 0.6 is 0 Å². The van der Waals surface area contributed by atoms with E-state index in [2.05, 4.69) is 25.5 Å². The number of pyridine rings is 1. The molecule has 3 rings (SSSR count). The summed E-state index contributed by atoms with van der Waals surface area (Å²) in [5, 5.41) is 11.0. The molecule has 0 saturated heterocycles. The first-order valence-electron chi connectivity index (χ1n) is 7.47. The molecule has 0 bridgehead atoms. The van der Waals surface area contributed by atoms with E-state index in [9.17, 15) is 4.79 Å². The Morgan fingerprint density at radius 3 is 2.62 bits per heavy atom. The highest BCUT2D eigenvalue weighted by molar-refractivity contribution is 5.30. The number of hydrogen-bond donors (Lipinski definition) is 2. The minimum atomic E-state index is -0.260. The van der Waals surface area contributed by atoms with Crippen LogP contribution in [0.5, 0.6) is 5.75 Å². The number of aromatic nitrogens is 4. The molecule has 0 unspecified atom stereocenters. The normalized spacial score (nSPS) is 10.4. The van der Waals surface area contributed by atoms with Crippen LogP contribution in [-0.2, 0) is 13.0 Å². The van der Waals surface area contributed by atoms with Crippen LogP contribution in [0.3, 0.4) is 0 Å². The largest absolute Gasteiger partial charge is 0.497 e. The summed E-state index contributed by atoms with van der Waals surface area (Å²) in [5.41, 5.74) is 1.92. The lowest BCUT2D eigenvalue weighted by molar-refractivity contribution is 0.414. The molecule has 122 valence electrons. The van der Waals surface area contributed by atoms with Crippen molar-refractivity contribution >= 4 is 5.95 Å². The molecule has 0 saturated carbocycles. The van der Waals surface area contributed by atoms with Crippen molar-refractivity contribution in [3.63, 3.8) is 0 Å². The summed E-state index contributed by atoms with van der Waals surface area (Å²) in [6.07, 6.45) is 2.12. The predicted octanol–water partition coefficient (Wildman–Crippen LogP) is 1.77. The number of hydrogen-bond acceptors (Lipinski definition) is 6. The maximum absolute atomic E-state index is 12.1. The standard InChI is InChI=1S/C17H17N5O2/c1-24-14-7-5-12(6-8-14)10-15-16(23)20-17(22-21-15)19-11-13-4-2-3-9-18-13/h2-9H,10-11H2,1H3,(H2,19,20,22,23). The first-order valence-corrected chi connectivity index (χ1v) is 7.47. The molecule has 0 aliphatic heterocycles. The highest BCUT2D eigenvalue weighted by Crippen LogP contribution is 2.12. The van der Waals surface area contributed by atoms with E-state index in [1.165, 1.54) is 0 Å². The van der Waals surface area contributed by atoms with Crippen molar-refractivity contribution in [3.8, 4) is 5.75 Å². The van der Waals surface area contributed by atoms with Gasteiger partial charge in [0.05, 0.1) is 19.3 Å². The monoisotopic (exact) mass is 323 g/mol. The topological polar surface area (TPSA) is 92.8 Å². The molecule has 0 radical (unpaired) electrons. The number of nitrogens with one attached hydrogen (secondary N) is 2. The second-order valence-corrected chi connectivity index (χ2v) is 5.15. The Morgan fingerprint density at radius 2 is 1.96 bits per heavy atom. The van der Waals surface area contributed by atoms with Gasteiger partial charge in [0.2, 0.25) is 5.95 Å². The number of benzene rings is 1. The van der Waals surface area contributed by atoms with Gasteiger partial charge in [0.1, 0.15) is 11.4 Å². The van der Waals surface area contributed by atoms with Gasteiger partial charge in [-0.05, 0) is 29.8 Å². The number of rotatable bonds is 6. The molecule has 0 atom stereocenters. The fourth-order valence-corrected chi connectivity index (χ4v) is 2.17. The van der Waals surface area contributed by atoms with Crippen LogP contribution in [0, 0.1) is 0 Å². The number of aromatic amines is 1. The molecule has 2 aromatic heterocycles. The Labute approximate surface area is 138 Å². The minimum absolute atomic E-state index is 0.260. The Balaban J connectivity index is 1.66.